The maximum absolute atomic E-state index is 9.35. The second-order valence-electron chi connectivity index (χ2n) is 8.78. The highest BCUT2D eigenvalue weighted by Crippen LogP contribution is 2.37. The molecular weight excluding hydrogens is 380 g/mol. The normalized spacial score (nSPS) is 14.6. The number of aliphatic hydroxyl groups excluding tert-OH is 1. The Bertz CT molecular complexity index is 665. The van der Waals surface area contributed by atoms with E-state index < -0.39 is 13.9 Å². The van der Waals surface area contributed by atoms with Gasteiger partial charge in [0.05, 0.1) is 12.2 Å². The highest BCUT2D eigenvalue weighted by molar-refractivity contribution is 6.99. The summed E-state index contributed by atoms with van der Waals surface area (Å²) in [5.74, 6) is 0. The molecule has 0 spiro atoms. The number of benzene rings is 2. The summed E-state index contributed by atoms with van der Waals surface area (Å²) >= 11 is 0. The average Bonchev–Trinajstić information content (AvgIpc) is 2.72. The van der Waals surface area contributed by atoms with E-state index in [2.05, 4.69) is 69.3 Å². The topological polar surface area (TPSA) is 47.9 Å². The van der Waals surface area contributed by atoms with E-state index in [-0.39, 0.29) is 18.4 Å². The minimum absolute atomic E-state index is 0.0884. The lowest BCUT2D eigenvalue weighted by Gasteiger charge is -2.45. The van der Waals surface area contributed by atoms with Crippen LogP contribution in [0.5, 0.6) is 0 Å². The average molecular weight is 417 g/mol. The Balaban J connectivity index is 2.50. The molecule has 1 N–H and O–H groups in total. The molecule has 29 heavy (non-hydrogen) atoms. The van der Waals surface area contributed by atoms with Crippen LogP contribution >= 0.6 is 0 Å². The molecule has 0 aliphatic heterocycles. The van der Waals surface area contributed by atoms with E-state index in [1.807, 2.05) is 19.1 Å². The van der Waals surface area contributed by atoms with Gasteiger partial charge in [0.25, 0.3) is 8.32 Å². The third kappa shape index (κ3) is 5.77. The van der Waals surface area contributed by atoms with Crippen LogP contribution in [0, 0.1) is 0 Å². The fourth-order valence-corrected chi connectivity index (χ4v) is 8.54. The SMILES string of the molecule is COCO[C@@](C)(CCCO)CO[Si](c1ccccc1)(c1ccccc1)C(C)(C)C. The van der Waals surface area contributed by atoms with Gasteiger partial charge in [-0.25, -0.2) is 0 Å². The van der Waals surface area contributed by atoms with Crippen LogP contribution in [0.15, 0.2) is 60.7 Å². The summed E-state index contributed by atoms with van der Waals surface area (Å²) in [5, 5.41) is 11.8. The molecule has 0 heterocycles. The molecule has 0 amide bonds. The molecule has 1 atom stereocenters. The summed E-state index contributed by atoms with van der Waals surface area (Å²) in [6.45, 7) is 9.60. The van der Waals surface area contributed by atoms with Crippen LogP contribution < -0.4 is 10.4 Å². The van der Waals surface area contributed by atoms with Crippen molar-refractivity contribution in [1.82, 2.24) is 0 Å². The van der Waals surface area contributed by atoms with Crippen molar-refractivity contribution in [2.24, 2.45) is 0 Å². The van der Waals surface area contributed by atoms with E-state index in [9.17, 15) is 5.11 Å². The first-order valence-electron chi connectivity index (χ1n) is 10.3. The molecule has 2 aromatic carbocycles. The number of rotatable bonds is 11. The number of hydrogen-bond donors (Lipinski definition) is 1. The van der Waals surface area contributed by atoms with Crippen LogP contribution in [0.4, 0.5) is 0 Å². The lowest BCUT2D eigenvalue weighted by atomic mass is 10.0. The van der Waals surface area contributed by atoms with Crippen LogP contribution in [0.3, 0.4) is 0 Å². The van der Waals surface area contributed by atoms with Gasteiger partial charge in [-0.05, 0) is 35.2 Å². The molecule has 0 aromatic heterocycles. The fraction of sp³-hybridized carbons (Fsp3) is 0.500. The third-order valence-corrected chi connectivity index (χ3v) is 10.4. The number of methoxy groups -OCH3 is 1. The monoisotopic (exact) mass is 416 g/mol. The Labute approximate surface area is 177 Å². The van der Waals surface area contributed by atoms with E-state index in [0.717, 1.165) is 0 Å². The Kier molecular flexibility index (Phi) is 8.61. The molecule has 0 unspecified atom stereocenters. The van der Waals surface area contributed by atoms with Gasteiger partial charge in [-0.2, -0.15) is 0 Å². The van der Waals surface area contributed by atoms with Crippen molar-refractivity contribution >= 4 is 18.7 Å². The lowest BCUT2D eigenvalue weighted by molar-refractivity contribution is -0.142. The predicted molar refractivity (Wildman–Crippen MR) is 121 cm³/mol. The molecule has 0 fully saturated rings. The van der Waals surface area contributed by atoms with Gasteiger partial charge in [-0.15, -0.1) is 0 Å². The van der Waals surface area contributed by atoms with Crippen LogP contribution in [0.1, 0.15) is 40.5 Å². The zero-order valence-corrected chi connectivity index (χ0v) is 19.5. The number of aliphatic hydroxyl groups is 1. The first-order chi connectivity index (χ1) is 13.8. The molecule has 0 saturated heterocycles. The number of ether oxygens (including phenoxy) is 2. The van der Waals surface area contributed by atoms with Crippen molar-refractivity contribution in [3.8, 4) is 0 Å². The molecule has 4 nitrogen and oxygen atoms in total. The zero-order valence-electron chi connectivity index (χ0n) is 18.5. The Morgan fingerprint density at radius 3 is 1.79 bits per heavy atom. The zero-order chi connectivity index (χ0) is 21.4. The van der Waals surface area contributed by atoms with Crippen molar-refractivity contribution < 1.29 is 19.0 Å². The highest BCUT2D eigenvalue weighted by Gasteiger charge is 2.51. The van der Waals surface area contributed by atoms with Crippen LogP contribution in [-0.4, -0.2) is 46.1 Å². The minimum Gasteiger partial charge on any atom is -0.404 e. The largest absolute Gasteiger partial charge is 0.404 e. The summed E-state index contributed by atoms with van der Waals surface area (Å²) in [6.07, 6.45) is 1.36. The summed E-state index contributed by atoms with van der Waals surface area (Å²) < 4.78 is 18.2. The van der Waals surface area contributed by atoms with Crippen LogP contribution in [-0.2, 0) is 13.9 Å². The van der Waals surface area contributed by atoms with E-state index >= 15 is 0 Å². The summed E-state index contributed by atoms with van der Waals surface area (Å²) in [6, 6.07) is 21.2. The van der Waals surface area contributed by atoms with Gasteiger partial charge in [0, 0.05) is 13.7 Å². The summed E-state index contributed by atoms with van der Waals surface area (Å²) in [4.78, 5) is 0. The lowest BCUT2D eigenvalue weighted by Crippen LogP contribution is -2.67. The van der Waals surface area contributed by atoms with E-state index in [0.29, 0.717) is 19.4 Å². The second-order valence-corrected chi connectivity index (χ2v) is 13.1. The maximum Gasteiger partial charge on any atom is 0.261 e. The van der Waals surface area contributed by atoms with Crippen molar-refractivity contribution in [3.05, 3.63) is 60.7 Å². The molecule has 0 radical (unpaired) electrons. The van der Waals surface area contributed by atoms with Gasteiger partial charge in [0.2, 0.25) is 0 Å². The molecule has 0 aliphatic rings. The maximum atomic E-state index is 9.35. The van der Waals surface area contributed by atoms with Crippen molar-refractivity contribution in [2.45, 2.75) is 51.2 Å². The van der Waals surface area contributed by atoms with Crippen molar-refractivity contribution in [3.63, 3.8) is 0 Å². The number of hydrogen-bond acceptors (Lipinski definition) is 4. The van der Waals surface area contributed by atoms with E-state index in [4.69, 9.17) is 13.9 Å². The van der Waals surface area contributed by atoms with Gasteiger partial charge in [0.15, 0.2) is 0 Å². The minimum atomic E-state index is -2.62. The fourth-order valence-electron chi connectivity index (χ4n) is 3.86. The van der Waals surface area contributed by atoms with Gasteiger partial charge >= 0.3 is 0 Å². The summed E-state index contributed by atoms with van der Waals surface area (Å²) in [7, 11) is -1.00. The molecule has 0 aliphatic carbocycles. The van der Waals surface area contributed by atoms with E-state index in [1.165, 1.54) is 10.4 Å². The van der Waals surface area contributed by atoms with E-state index in [1.54, 1.807) is 7.11 Å². The van der Waals surface area contributed by atoms with Gasteiger partial charge < -0.3 is 19.0 Å². The molecule has 5 heteroatoms. The van der Waals surface area contributed by atoms with Gasteiger partial charge in [0.1, 0.15) is 6.79 Å². The smallest absolute Gasteiger partial charge is 0.261 e. The Hall–Kier alpha value is -1.50. The predicted octanol–water partition coefficient (Wildman–Crippen LogP) is 3.71. The molecule has 0 bridgehead atoms. The second kappa shape index (κ2) is 10.5. The van der Waals surface area contributed by atoms with Gasteiger partial charge in [-0.3, -0.25) is 0 Å². The first kappa shape index (κ1) is 23.8. The van der Waals surface area contributed by atoms with Crippen molar-refractivity contribution in [1.29, 1.82) is 0 Å². The molecular formula is C24H36O4Si. The van der Waals surface area contributed by atoms with Crippen LogP contribution in [0.2, 0.25) is 5.04 Å². The molecule has 2 rings (SSSR count). The first-order valence-corrected chi connectivity index (χ1v) is 12.2. The van der Waals surface area contributed by atoms with Gasteiger partial charge in [-0.1, -0.05) is 81.4 Å². The molecule has 160 valence electrons. The summed E-state index contributed by atoms with van der Waals surface area (Å²) in [5.41, 5.74) is -0.536. The molecule has 0 saturated carbocycles. The van der Waals surface area contributed by atoms with Crippen LogP contribution in [0.25, 0.3) is 0 Å². The Morgan fingerprint density at radius 2 is 1.38 bits per heavy atom. The Morgan fingerprint density at radius 1 is 0.862 bits per heavy atom. The highest BCUT2D eigenvalue weighted by atomic mass is 28.4. The third-order valence-electron chi connectivity index (χ3n) is 5.40. The standard InChI is InChI=1S/C24H36O4Si/c1-23(2,3)29(21-13-8-6-9-14-21,22-15-10-7-11-16-22)28-19-24(4,17-12-18-25)27-20-26-5/h6-11,13-16,25H,12,17-20H2,1-5H3/t24-/m0/s1. The molecule has 2 aromatic rings. The van der Waals surface area contributed by atoms with Crippen molar-refractivity contribution in [2.75, 3.05) is 27.1 Å². The quantitative estimate of drug-likeness (QED) is 0.448.